The molecule has 55 heavy (non-hydrogen) atoms. The van der Waals surface area contributed by atoms with Gasteiger partial charge in [0.15, 0.2) is 11.4 Å². The summed E-state index contributed by atoms with van der Waals surface area (Å²) in [6, 6.07) is 40.5. The largest absolute Gasteiger partial charge is 0.503 e. The molecule has 0 saturated carbocycles. The Morgan fingerprint density at radius 3 is 1.67 bits per heavy atom. The predicted octanol–water partition coefficient (Wildman–Crippen LogP) is 6.02. The number of para-hydroxylation sites is 2. The van der Waals surface area contributed by atoms with Gasteiger partial charge in [0, 0.05) is 22.9 Å². The van der Waals surface area contributed by atoms with Crippen molar-refractivity contribution >= 4 is 11.9 Å². The summed E-state index contributed by atoms with van der Waals surface area (Å²) in [5.74, 6) is -3.10. The van der Waals surface area contributed by atoms with Gasteiger partial charge in [-0.3, -0.25) is 14.4 Å². The van der Waals surface area contributed by atoms with Crippen molar-refractivity contribution < 1.29 is 24.9 Å². The number of nitrogens with zero attached hydrogens (tertiary/aromatic N) is 4. The average molecular weight is 734 g/mol. The molecule has 0 radical (unpaired) electrons. The quantitative estimate of drug-likeness (QED) is 0.137. The minimum atomic E-state index is -1.50. The minimum absolute atomic E-state index is 0.0624. The molecule has 0 unspecified atom stereocenters. The van der Waals surface area contributed by atoms with Crippen LogP contribution in [0, 0.1) is 0 Å². The van der Waals surface area contributed by atoms with E-state index in [1.807, 2.05) is 109 Å². The van der Waals surface area contributed by atoms with Crippen LogP contribution in [0.25, 0.3) is 44.8 Å². The van der Waals surface area contributed by atoms with Crippen LogP contribution in [0.4, 0.5) is 0 Å². The van der Waals surface area contributed by atoms with Gasteiger partial charge in [-0.15, -0.1) is 0 Å². The highest BCUT2D eigenvalue weighted by atomic mass is 16.4. The molecule has 12 heteroatoms. The number of nitrogens with two attached hydrogens (primary N) is 1. The number of aromatic nitrogens is 4. The molecule has 0 atom stereocenters. The summed E-state index contributed by atoms with van der Waals surface area (Å²) in [6.45, 7) is 1.57. The molecule has 0 fully saturated rings. The lowest BCUT2D eigenvalue weighted by Gasteiger charge is -2.15. The topological polar surface area (TPSA) is 191 Å². The van der Waals surface area contributed by atoms with Gasteiger partial charge in [-0.1, -0.05) is 122 Å². The van der Waals surface area contributed by atoms with E-state index in [1.165, 1.54) is 21.1 Å². The number of benzene rings is 5. The number of primary amides is 1. The van der Waals surface area contributed by atoms with Gasteiger partial charge in [0.2, 0.25) is 11.1 Å². The van der Waals surface area contributed by atoms with Crippen molar-refractivity contribution in [2.75, 3.05) is 0 Å². The molecule has 1 amide bonds. The molecule has 5 aromatic carbocycles. The van der Waals surface area contributed by atoms with E-state index in [4.69, 9.17) is 5.73 Å². The van der Waals surface area contributed by atoms with Crippen molar-refractivity contribution in [3.63, 3.8) is 0 Å². The molecule has 274 valence electrons. The summed E-state index contributed by atoms with van der Waals surface area (Å²) in [4.78, 5) is 47.0. The van der Waals surface area contributed by atoms with Crippen LogP contribution in [-0.4, -0.2) is 46.8 Å². The molecule has 5 N–H and O–H groups in total. The lowest BCUT2D eigenvalue weighted by atomic mass is 9.93. The van der Waals surface area contributed by atoms with E-state index >= 15 is 0 Å². The van der Waals surface area contributed by atoms with Gasteiger partial charge in [0.05, 0.1) is 24.2 Å². The number of aromatic hydroxyl groups is 1. The number of rotatable bonds is 9. The fourth-order valence-corrected chi connectivity index (χ4v) is 6.16. The zero-order valence-electron chi connectivity index (χ0n) is 29.5. The van der Waals surface area contributed by atoms with Gasteiger partial charge < -0.3 is 21.1 Å². The Labute approximate surface area is 314 Å². The zero-order valence-corrected chi connectivity index (χ0v) is 29.5. The van der Waals surface area contributed by atoms with Crippen LogP contribution in [0.2, 0.25) is 0 Å². The van der Waals surface area contributed by atoms with Gasteiger partial charge in [0.1, 0.15) is 0 Å². The van der Waals surface area contributed by atoms with Crippen molar-refractivity contribution in [1.82, 2.24) is 19.6 Å². The van der Waals surface area contributed by atoms with E-state index in [0.29, 0.717) is 11.4 Å². The molecular weight excluding hydrogens is 699 g/mol. The predicted molar refractivity (Wildman–Crippen MR) is 208 cm³/mol. The molecule has 7 aromatic rings. The van der Waals surface area contributed by atoms with Crippen LogP contribution in [0.1, 0.15) is 39.0 Å². The van der Waals surface area contributed by atoms with E-state index in [0.717, 1.165) is 46.0 Å². The summed E-state index contributed by atoms with van der Waals surface area (Å²) < 4.78 is 2.64. The number of aryl methyl sites for hydroxylation is 1. The Kier molecular flexibility index (Phi) is 11.2. The highest BCUT2D eigenvalue weighted by Crippen LogP contribution is 2.35. The lowest BCUT2D eigenvalue weighted by Crippen LogP contribution is -2.29. The number of aliphatic hydroxyl groups excluding tert-OH is 1. The SMILES string of the molecule is CCc1ccccc1-c1ccccc1-n1cc(CO)c(=O)c(C(N)=O)n1.O=C(O)c1nn(-c2ccccc2-c2ccccc2-c2ccccc2)cc(O)c1=O. The van der Waals surface area contributed by atoms with E-state index in [1.54, 1.807) is 12.1 Å². The Hall–Kier alpha value is -7.44. The molecule has 0 aliphatic heterocycles. The fraction of sp³-hybridized carbons (Fsp3) is 0.0698. The third kappa shape index (κ3) is 7.84. The van der Waals surface area contributed by atoms with Crippen LogP contribution in [0.5, 0.6) is 5.75 Å². The van der Waals surface area contributed by atoms with Gasteiger partial charge in [-0.05, 0) is 46.4 Å². The smallest absolute Gasteiger partial charge is 0.360 e. The highest BCUT2D eigenvalue weighted by Gasteiger charge is 2.19. The molecule has 0 aliphatic carbocycles. The summed E-state index contributed by atoms with van der Waals surface area (Å²) in [7, 11) is 0. The van der Waals surface area contributed by atoms with Crippen LogP contribution < -0.4 is 16.6 Å². The van der Waals surface area contributed by atoms with E-state index < -0.39 is 46.5 Å². The molecule has 0 aliphatic rings. The van der Waals surface area contributed by atoms with E-state index in [-0.39, 0.29) is 5.56 Å². The number of aliphatic hydroxyl groups is 1. The molecule has 0 spiro atoms. The molecule has 0 bridgehead atoms. The second-order valence-corrected chi connectivity index (χ2v) is 12.2. The highest BCUT2D eigenvalue weighted by molar-refractivity contribution is 5.91. The summed E-state index contributed by atoms with van der Waals surface area (Å²) in [5.41, 5.74) is 10.6. The minimum Gasteiger partial charge on any atom is -0.503 e. The van der Waals surface area contributed by atoms with E-state index in [2.05, 4.69) is 23.2 Å². The van der Waals surface area contributed by atoms with Crippen LogP contribution >= 0.6 is 0 Å². The number of amides is 1. The number of aromatic carboxylic acids is 1. The van der Waals surface area contributed by atoms with Crippen LogP contribution in [-0.2, 0) is 13.0 Å². The Morgan fingerprint density at radius 2 is 1.09 bits per heavy atom. The van der Waals surface area contributed by atoms with Crippen molar-refractivity contribution in [3.05, 3.63) is 183 Å². The standard InChI is InChI=1S/C23H16N2O4.C20H19N3O3/c26-20-14-25(24-21(22(20)27)23(28)29)19-13-7-6-12-18(19)17-11-5-4-10-16(17)15-8-2-1-3-9-15;1-2-13-7-3-4-8-15(13)16-9-5-6-10-17(16)23-11-14(12-24)19(25)18(22-23)20(21)26/h1-14,26H,(H,28,29);3-11,24H,2,12H2,1H3,(H2,21,26). The van der Waals surface area contributed by atoms with Crippen molar-refractivity contribution in [1.29, 1.82) is 0 Å². The fourth-order valence-electron chi connectivity index (χ4n) is 6.16. The maximum atomic E-state index is 12.1. The Bertz CT molecular complexity index is 2650. The van der Waals surface area contributed by atoms with Gasteiger partial charge in [-0.2, -0.15) is 10.2 Å². The number of hydrogen-bond acceptors (Lipinski definition) is 8. The molecular formula is C43H35N5O7. The second-order valence-electron chi connectivity index (χ2n) is 12.2. The summed E-state index contributed by atoms with van der Waals surface area (Å²) in [5, 5.41) is 36.7. The average Bonchev–Trinajstić information content (AvgIpc) is 3.22. The number of carbonyl (C=O) groups excluding carboxylic acids is 1. The second kappa shape index (κ2) is 16.5. The number of carboxylic acid groups (broad SMARTS) is 1. The summed E-state index contributed by atoms with van der Waals surface area (Å²) >= 11 is 0. The third-order valence-electron chi connectivity index (χ3n) is 8.79. The van der Waals surface area contributed by atoms with Crippen LogP contribution in [0.15, 0.2) is 149 Å². The first-order valence-corrected chi connectivity index (χ1v) is 17.1. The number of carbonyl (C=O) groups is 2. The monoisotopic (exact) mass is 733 g/mol. The Morgan fingerprint density at radius 1 is 0.600 bits per heavy atom. The molecule has 0 saturated heterocycles. The maximum absolute atomic E-state index is 12.1. The lowest BCUT2D eigenvalue weighted by molar-refractivity contribution is 0.0685. The van der Waals surface area contributed by atoms with Gasteiger partial charge in [0.25, 0.3) is 11.3 Å². The van der Waals surface area contributed by atoms with Crippen molar-refractivity contribution in [2.24, 2.45) is 5.73 Å². The van der Waals surface area contributed by atoms with Crippen LogP contribution in [0.3, 0.4) is 0 Å². The van der Waals surface area contributed by atoms with E-state index in [9.17, 15) is 34.5 Å². The van der Waals surface area contributed by atoms with Gasteiger partial charge in [-0.25, -0.2) is 14.2 Å². The molecule has 2 heterocycles. The normalized spacial score (nSPS) is 10.7. The zero-order chi connectivity index (χ0) is 39.1. The molecule has 12 nitrogen and oxygen atoms in total. The van der Waals surface area contributed by atoms with Crippen molar-refractivity contribution in [2.45, 2.75) is 20.0 Å². The first-order chi connectivity index (χ1) is 26.6. The Balaban J connectivity index is 0.000000188. The number of carboxylic acids is 1. The van der Waals surface area contributed by atoms with Crippen molar-refractivity contribution in [3.8, 4) is 50.5 Å². The first-order valence-electron chi connectivity index (χ1n) is 17.1. The molecule has 2 aromatic heterocycles. The molecule has 7 rings (SSSR count). The van der Waals surface area contributed by atoms with Gasteiger partial charge >= 0.3 is 5.97 Å². The maximum Gasteiger partial charge on any atom is 0.360 e. The third-order valence-corrected chi connectivity index (χ3v) is 8.79. The first kappa shape index (κ1) is 37.3. The summed E-state index contributed by atoms with van der Waals surface area (Å²) in [6.07, 6.45) is 3.41. The number of hydrogen-bond donors (Lipinski definition) is 4.